The first-order chi connectivity index (χ1) is 12.5. The Labute approximate surface area is 152 Å². The van der Waals surface area contributed by atoms with Crippen LogP contribution >= 0.6 is 11.6 Å². The number of fused-ring (bicyclic) bond motifs is 3. The molecule has 3 aromatic rings. The van der Waals surface area contributed by atoms with Gasteiger partial charge < -0.3 is 20.7 Å². The van der Waals surface area contributed by atoms with Gasteiger partial charge in [-0.25, -0.2) is 14.6 Å². The van der Waals surface area contributed by atoms with Crippen molar-refractivity contribution in [2.24, 2.45) is 11.1 Å². The molecule has 3 N–H and O–H groups in total. The van der Waals surface area contributed by atoms with Gasteiger partial charge in [-0.3, -0.25) is 4.79 Å². The highest BCUT2D eigenvalue weighted by atomic mass is 35.5. The minimum atomic E-state index is -0.449. The van der Waals surface area contributed by atoms with Crippen LogP contribution in [0.2, 0.25) is 5.02 Å². The highest BCUT2D eigenvalue weighted by Crippen LogP contribution is 2.34. The number of carbonyl (C=O) groups is 1. The highest BCUT2D eigenvalue weighted by molar-refractivity contribution is 6.32. The number of nitrogen functional groups attached to an aromatic ring is 1. The molecule has 2 aromatic heterocycles. The molecule has 0 fully saturated rings. The zero-order chi connectivity index (χ0) is 18.4. The van der Waals surface area contributed by atoms with Crippen molar-refractivity contribution in [3.05, 3.63) is 23.4 Å². The number of rotatable bonds is 3. The van der Waals surface area contributed by atoms with Gasteiger partial charge in [0.1, 0.15) is 29.3 Å². The number of oxime groups is 1. The summed E-state index contributed by atoms with van der Waals surface area (Å²) in [5.74, 6) is 6.26. The number of aromatic nitrogens is 3. The molecule has 0 saturated heterocycles. The Morgan fingerprint density at radius 3 is 3.00 bits per heavy atom. The maximum atomic E-state index is 12.3. The first-order valence-electron chi connectivity index (χ1n) is 7.76. The number of benzene rings is 1. The summed E-state index contributed by atoms with van der Waals surface area (Å²) in [4.78, 5) is 26.1. The standard InChI is InChI=1S/C16H15ClN6O3/c1-7-10(6-26-22-7)16(24)21-12-5-19-13-9-3-8(17)4-11(25-2)14(9)23(18)15(13)20-12/h3-5,10H,6,18H2,1-2H3,(H,20,21,24). The summed E-state index contributed by atoms with van der Waals surface area (Å²) in [6, 6.07) is 3.41. The molecule has 3 heterocycles. The van der Waals surface area contributed by atoms with Gasteiger partial charge >= 0.3 is 0 Å². The van der Waals surface area contributed by atoms with E-state index in [2.05, 4.69) is 20.4 Å². The molecular weight excluding hydrogens is 360 g/mol. The molecule has 0 aliphatic carbocycles. The number of nitrogens with zero attached hydrogens (tertiary/aromatic N) is 4. The molecule has 1 unspecified atom stereocenters. The average molecular weight is 375 g/mol. The number of anilines is 1. The third-order valence-corrected chi connectivity index (χ3v) is 4.48. The number of nitrogens with two attached hydrogens (primary N) is 1. The maximum Gasteiger partial charge on any atom is 0.238 e. The van der Waals surface area contributed by atoms with Gasteiger partial charge in [-0.15, -0.1) is 0 Å². The molecule has 10 heteroatoms. The lowest BCUT2D eigenvalue weighted by atomic mass is 10.1. The van der Waals surface area contributed by atoms with Crippen molar-refractivity contribution < 1.29 is 14.4 Å². The summed E-state index contributed by atoms with van der Waals surface area (Å²) in [7, 11) is 1.53. The molecule has 1 aliphatic heterocycles. The number of hydrogen-bond acceptors (Lipinski definition) is 7. The third-order valence-electron chi connectivity index (χ3n) is 4.26. The molecule has 0 bridgehead atoms. The van der Waals surface area contributed by atoms with Crippen LogP contribution in [0.25, 0.3) is 22.1 Å². The van der Waals surface area contributed by atoms with E-state index in [0.29, 0.717) is 38.6 Å². The van der Waals surface area contributed by atoms with E-state index < -0.39 is 5.92 Å². The van der Waals surface area contributed by atoms with Crippen LogP contribution in [0.1, 0.15) is 6.92 Å². The van der Waals surface area contributed by atoms with Gasteiger partial charge in [0.25, 0.3) is 0 Å². The van der Waals surface area contributed by atoms with Crippen molar-refractivity contribution in [1.29, 1.82) is 0 Å². The lowest BCUT2D eigenvalue weighted by molar-refractivity contribution is -0.118. The number of carbonyl (C=O) groups excluding carboxylic acids is 1. The van der Waals surface area contributed by atoms with Crippen LogP contribution in [0.4, 0.5) is 5.82 Å². The van der Waals surface area contributed by atoms with Crippen LogP contribution in [0.15, 0.2) is 23.5 Å². The number of hydrogen-bond donors (Lipinski definition) is 2. The number of ether oxygens (including phenoxy) is 1. The monoisotopic (exact) mass is 374 g/mol. The van der Waals surface area contributed by atoms with E-state index >= 15 is 0 Å². The Hall–Kier alpha value is -3.07. The Morgan fingerprint density at radius 2 is 2.31 bits per heavy atom. The predicted octanol–water partition coefficient (Wildman–Crippen LogP) is 1.92. The molecule has 0 spiro atoms. The van der Waals surface area contributed by atoms with Gasteiger partial charge in [0.05, 0.1) is 19.0 Å². The summed E-state index contributed by atoms with van der Waals surface area (Å²) in [5, 5.41) is 7.70. The number of methoxy groups -OCH3 is 1. The maximum absolute atomic E-state index is 12.3. The van der Waals surface area contributed by atoms with Crippen molar-refractivity contribution in [2.45, 2.75) is 6.92 Å². The second-order valence-electron chi connectivity index (χ2n) is 5.87. The Bertz CT molecular complexity index is 1080. The number of halogens is 1. The zero-order valence-electron chi connectivity index (χ0n) is 14.0. The second-order valence-corrected chi connectivity index (χ2v) is 6.31. The lowest BCUT2D eigenvalue weighted by Gasteiger charge is -2.08. The van der Waals surface area contributed by atoms with Crippen LogP contribution in [-0.2, 0) is 9.63 Å². The summed E-state index contributed by atoms with van der Waals surface area (Å²) in [6.45, 7) is 1.94. The van der Waals surface area contributed by atoms with E-state index in [1.54, 1.807) is 19.1 Å². The van der Waals surface area contributed by atoms with Crippen LogP contribution in [0.3, 0.4) is 0 Å². The predicted molar refractivity (Wildman–Crippen MR) is 97.9 cm³/mol. The molecule has 26 heavy (non-hydrogen) atoms. The van der Waals surface area contributed by atoms with Gasteiger partial charge in [-0.2, -0.15) is 0 Å². The molecule has 1 amide bonds. The molecule has 134 valence electrons. The van der Waals surface area contributed by atoms with E-state index in [9.17, 15) is 4.79 Å². The van der Waals surface area contributed by atoms with E-state index in [0.717, 1.165) is 0 Å². The van der Waals surface area contributed by atoms with Crippen molar-refractivity contribution in [3.8, 4) is 5.75 Å². The van der Waals surface area contributed by atoms with Crippen LogP contribution in [0.5, 0.6) is 5.75 Å². The average Bonchev–Trinajstić information content (AvgIpc) is 3.16. The molecule has 1 aromatic carbocycles. The van der Waals surface area contributed by atoms with Crippen molar-refractivity contribution in [3.63, 3.8) is 0 Å². The van der Waals surface area contributed by atoms with Crippen molar-refractivity contribution >= 4 is 51.1 Å². The molecule has 9 nitrogen and oxygen atoms in total. The Balaban J connectivity index is 1.78. The molecule has 1 atom stereocenters. The van der Waals surface area contributed by atoms with E-state index in [1.807, 2.05) is 0 Å². The Kier molecular flexibility index (Phi) is 3.80. The van der Waals surface area contributed by atoms with E-state index in [-0.39, 0.29) is 18.3 Å². The molecule has 0 saturated carbocycles. The summed E-state index contributed by atoms with van der Waals surface area (Å²) in [5.41, 5.74) is 2.18. The SMILES string of the molecule is COc1cc(Cl)cc2c3ncc(NC(=O)C4CON=C4C)nc3n(N)c12. The van der Waals surface area contributed by atoms with Gasteiger partial charge in [-0.1, -0.05) is 16.8 Å². The smallest absolute Gasteiger partial charge is 0.238 e. The fourth-order valence-electron chi connectivity index (χ4n) is 2.94. The highest BCUT2D eigenvalue weighted by Gasteiger charge is 2.28. The van der Waals surface area contributed by atoms with Crippen LogP contribution in [0, 0.1) is 5.92 Å². The fraction of sp³-hybridized carbons (Fsp3) is 0.250. The van der Waals surface area contributed by atoms with E-state index in [4.69, 9.17) is 27.0 Å². The van der Waals surface area contributed by atoms with E-state index in [1.165, 1.54) is 18.0 Å². The topological polar surface area (TPSA) is 117 Å². The minimum absolute atomic E-state index is 0.209. The van der Waals surface area contributed by atoms with Gasteiger partial charge in [0, 0.05) is 16.5 Å². The largest absolute Gasteiger partial charge is 0.494 e. The van der Waals surface area contributed by atoms with Crippen LogP contribution < -0.4 is 15.9 Å². The summed E-state index contributed by atoms with van der Waals surface area (Å²) in [6.07, 6.45) is 1.47. The summed E-state index contributed by atoms with van der Waals surface area (Å²) < 4.78 is 6.72. The van der Waals surface area contributed by atoms with Crippen molar-refractivity contribution in [2.75, 3.05) is 24.9 Å². The third kappa shape index (κ3) is 2.48. The van der Waals surface area contributed by atoms with Gasteiger partial charge in [0.15, 0.2) is 11.5 Å². The van der Waals surface area contributed by atoms with Gasteiger partial charge in [-0.05, 0) is 13.0 Å². The zero-order valence-corrected chi connectivity index (χ0v) is 14.7. The molecule has 0 radical (unpaired) electrons. The summed E-state index contributed by atoms with van der Waals surface area (Å²) >= 11 is 6.14. The van der Waals surface area contributed by atoms with Crippen molar-refractivity contribution in [1.82, 2.24) is 14.6 Å². The quantitative estimate of drug-likeness (QED) is 0.676. The minimum Gasteiger partial charge on any atom is -0.494 e. The first-order valence-corrected chi connectivity index (χ1v) is 8.14. The molecular formula is C16H15ClN6O3. The molecule has 1 aliphatic rings. The van der Waals surface area contributed by atoms with Gasteiger partial charge in [0.2, 0.25) is 5.91 Å². The Morgan fingerprint density at radius 1 is 1.50 bits per heavy atom. The lowest BCUT2D eigenvalue weighted by Crippen LogP contribution is -2.28. The van der Waals surface area contributed by atoms with Crippen LogP contribution in [-0.4, -0.2) is 40.0 Å². The number of nitrogens with one attached hydrogen (secondary N) is 1. The molecule has 4 rings (SSSR count). The first kappa shape index (κ1) is 16.4. The number of amides is 1. The fourth-order valence-corrected chi connectivity index (χ4v) is 3.15. The normalized spacial score (nSPS) is 16.6. The second kappa shape index (κ2) is 6.03.